The lowest BCUT2D eigenvalue weighted by Gasteiger charge is -2.40. The second-order valence-electron chi connectivity index (χ2n) is 5.83. The molecule has 1 fully saturated rings. The molecule has 0 amide bonds. The van der Waals surface area contributed by atoms with E-state index in [4.69, 9.17) is 23.9 Å². The van der Waals surface area contributed by atoms with Crippen LogP contribution in [0.5, 0.6) is 0 Å². The molecule has 140 valence electrons. The van der Waals surface area contributed by atoms with E-state index in [1.807, 2.05) is 30.3 Å². The molecule has 0 radical (unpaired) electrons. The zero-order valence-electron chi connectivity index (χ0n) is 14.1. The maximum atomic E-state index is 11.7. The predicted molar refractivity (Wildman–Crippen MR) is 91.0 cm³/mol. The maximum absolute atomic E-state index is 11.7. The molecule has 0 bridgehead atoms. The molecule has 2 heterocycles. The average molecular weight is 382 g/mol. The van der Waals surface area contributed by atoms with Gasteiger partial charge in [0.25, 0.3) is 10.1 Å². The topological polar surface area (TPSA) is 132 Å². The third-order valence-corrected chi connectivity index (χ3v) is 4.56. The van der Waals surface area contributed by atoms with Crippen LogP contribution in [-0.2, 0) is 28.5 Å². The van der Waals surface area contributed by atoms with Crippen LogP contribution in [0.4, 0.5) is 0 Å². The summed E-state index contributed by atoms with van der Waals surface area (Å²) in [4.78, 5) is 7.18. The molecule has 0 aliphatic carbocycles. The molecule has 3 rings (SSSR count). The zero-order valence-corrected chi connectivity index (χ0v) is 14.9. The number of hydrogen-bond donors (Lipinski definition) is 0. The van der Waals surface area contributed by atoms with Gasteiger partial charge in [-0.2, -0.15) is 8.42 Å². The molecule has 0 aromatic heterocycles. The van der Waals surface area contributed by atoms with Gasteiger partial charge in [-0.05, 0) is 17.7 Å². The second-order valence-corrected chi connectivity index (χ2v) is 7.43. The first-order valence-corrected chi connectivity index (χ1v) is 9.62. The minimum absolute atomic E-state index is 0.135. The number of ether oxygens (including phenoxy) is 3. The monoisotopic (exact) mass is 382 g/mol. The molecule has 0 N–H and O–H groups in total. The van der Waals surface area contributed by atoms with Gasteiger partial charge in [-0.25, -0.2) is 4.99 Å². The van der Waals surface area contributed by atoms with Gasteiger partial charge in [0.1, 0.15) is 12.1 Å². The van der Waals surface area contributed by atoms with E-state index in [-0.39, 0.29) is 6.54 Å². The molecule has 0 saturated carbocycles. The first-order chi connectivity index (χ1) is 12.4. The summed E-state index contributed by atoms with van der Waals surface area (Å²) >= 11 is 0. The summed E-state index contributed by atoms with van der Waals surface area (Å²) < 4.78 is 45.6. The van der Waals surface area contributed by atoms with Gasteiger partial charge in [0, 0.05) is 17.6 Å². The maximum Gasteiger partial charge on any atom is 0.264 e. The van der Waals surface area contributed by atoms with Crippen molar-refractivity contribution in [3.05, 3.63) is 46.3 Å². The Bertz CT molecular complexity index is 824. The van der Waals surface area contributed by atoms with Gasteiger partial charge in [-0.3, -0.25) is 4.18 Å². The van der Waals surface area contributed by atoms with Crippen LogP contribution in [0.1, 0.15) is 5.56 Å². The number of benzene rings is 1. The van der Waals surface area contributed by atoms with Crippen LogP contribution < -0.4 is 0 Å². The summed E-state index contributed by atoms with van der Waals surface area (Å²) in [6.45, 7) is -0.135. The quantitative estimate of drug-likeness (QED) is 0.314. The molecule has 2 aliphatic rings. The first-order valence-electron chi connectivity index (χ1n) is 7.80. The average Bonchev–Trinajstić information content (AvgIpc) is 3.06. The van der Waals surface area contributed by atoms with Crippen molar-refractivity contribution in [2.45, 2.75) is 30.6 Å². The lowest BCUT2D eigenvalue weighted by atomic mass is 9.97. The summed E-state index contributed by atoms with van der Waals surface area (Å²) in [6, 6.07) is 8.55. The van der Waals surface area contributed by atoms with E-state index < -0.39 is 40.8 Å². The Morgan fingerprint density at radius 2 is 2.08 bits per heavy atom. The van der Waals surface area contributed by atoms with Gasteiger partial charge in [-0.1, -0.05) is 23.3 Å². The Kier molecular flexibility index (Phi) is 5.44. The molecule has 2 aliphatic heterocycles. The van der Waals surface area contributed by atoms with E-state index >= 15 is 0 Å². The van der Waals surface area contributed by atoms with Crippen molar-refractivity contribution in [2.24, 2.45) is 10.1 Å². The van der Waals surface area contributed by atoms with Gasteiger partial charge in [0.05, 0.1) is 18.9 Å². The smallest absolute Gasteiger partial charge is 0.264 e. The van der Waals surface area contributed by atoms with Crippen LogP contribution in [0.3, 0.4) is 0 Å². The van der Waals surface area contributed by atoms with Crippen LogP contribution in [-0.4, -0.2) is 64.9 Å². The van der Waals surface area contributed by atoms with Crippen LogP contribution in [0.2, 0.25) is 0 Å². The number of azide groups is 1. The second kappa shape index (κ2) is 7.60. The highest BCUT2D eigenvalue weighted by atomic mass is 32.2. The molecule has 11 heteroatoms. The first kappa shape index (κ1) is 18.6. The standard InChI is InChI=1S/C15H18N4O6S/c1-22-15-11-13(24-14(18-11)9-6-4-3-5-7-9)12(25-26(2,20)21)10(23-15)8-17-19-16/h3-7,10-13,15H,8H2,1-2H3/t10?,11-,12-,13+,15?/m0/s1. The van der Waals surface area contributed by atoms with Crippen molar-refractivity contribution >= 4 is 16.0 Å². The van der Waals surface area contributed by atoms with E-state index in [1.54, 1.807) is 0 Å². The fourth-order valence-corrected chi connectivity index (χ4v) is 3.59. The molecule has 1 aromatic rings. The zero-order chi connectivity index (χ0) is 18.7. The van der Waals surface area contributed by atoms with Crippen LogP contribution >= 0.6 is 0 Å². The third-order valence-electron chi connectivity index (χ3n) is 3.99. The van der Waals surface area contributed by atoms with Crippen molar-refractivity contribution in [3.8, 4) is 0 Å². The number of aliphatic imine (C=N–C) groups is 1. The van der Waals surface area contributed by atoms with E-state index in [0.717, 1.165) is 11.8 Å². The third kappa shape index (κ3) is 3.97. The summed E-state index contributed by atoms with van der Waals surface area (Å²) in [7, 11) is -2.37. The van der Waals surface area contributed by atoms with Crippen LogP contribution in [0, 0.1) is 0 Å². The van der Waals surface area contributed by atoms with Crippen molar-refractivity contribution in [1.82, 2.24) is 0 Å². The van der Waals surface area contributed by atoms with E-state index in [2.05, 4.69) is 15.0 Å². The van der Waals surface area contributed by atoms with Crippen molar-refractivity contribution in [2.75, 3.05) is 19.9 Å². The normalized spacial score (nSPS) is 30.7. The van der Waals surface area contributed by atoms with Gasteiger partial charge >= 0.3 is 0 Å². The molecule has 0 spiro atoms. The van der Waals surface area contributed by atoms with Crippen LogP contribution in [0.25, 0.3) is 10.4 Å². The van der Waals surface area contributed by atoms with Crippen molar-refractivity contribution in [1.29, 1.82) is 0 Å². The molecule has 10 nitrogen and oxygen atoms in total. The van der Waals surface area contributed by atoms with Crippen molar-refractivity contribution < 1.29 is 26.8 Å². The fourth-order valence-electron chi connectivity index (χ4n) is 2.96. The summed E-state index contributed by atoms with van der Waals surface area (Å²) in [5.74, 6) is 0.345. The molecule has 1 saturated heterocycles. The number of methoxy groups -OCH3 is 1. The van der Waals surface area contributed by atoms with Gasteiger partial charge in [0.15, 0.2) is 12.4 Å². The number of hydrogen-bond acceptors (Lipinski definition) is 8. The number of rotatable bonds is 6. The minimum atomic E-state index is -3.81. The van der Waals surface area contributed by atoms with E-state index in [9.17, 15) is 8.42 Å². The number of nitrogens with zero attached hydrogens (tertiary/aromatic N) is 4. The fraction of sp³-hybridized carbons (Fsp3) is 0.533. The molecule has 2 unspecified atom stereocenters. The lowest BCUT2D eigenvalue weighted by molar-refractivity contribution is -0.234. The molecular formula is C15H18N4O6S. The highest BCUT2D eigenvalue weighted by Gasteiger charge is 2.53. The van der Waals surface area contributed by atoms with Gasteiger partial charge < -0.3 is 14.2 Å². The molecule has 26 heavy (non-hydrogen) atoms. The molecule has 5 atom stereocenters. The Hall–Kier alpha value is -2.17. The highest BCUT2D eigenvalue weighted by molar-refractivity contribution is 7.86. The largest absolute Gasteiger partial charge is 0.469 e. The van der Waals surface area contributed by atoms with E-state index in [0.29, 0.717) is 5.90 Å². The van der Waals surface area contributed by atoms with Crippen molar-refractivity contribution in [3.63, 3.8) is 0 Å². The summed E-state index contributed by atoms with van der Waals surface area (Å²) in [5.41, 5.74) is 9.31. The molecule has 1 aromatic carbocycles. The highest BCUT2D eigenvalue weighted by Crippen LogP contribution is 2.34. The van der Waals surface area contributed by atoms with E-state index in [1.165, 1.54) is 7.11 Å². The Morgan fingerprint density at radius 3 is 2.69 bits per heavy atom. The van der Waals surface area contributed by atoms with Crippen LogP contribution in [0.15, 0.2) is 40.4 Å². The minimum Gasteiger partial charge on any atom is -0.469 e. The lowest BCUT2D eigenvalue weighted by Crippen LogP contribution is -2.58. The molecular weight excluding hydrogens is 364 g/mol. The Morgan fingerprint density at radius 1 is 1.35 bits per heavy atom. The SMILES string of the molecule is COC1OC(CN=[N+]=[N-])[C@H](OS(C)(=O)=O)[C@@H]2OC(c3ccccc3)=N[C@H]12. The van der Waals surface area contributed by atoms with Gasteiger partial charge in [0.2, 0.25) is 5.90 Å². The van der Waals surface area contributed by atoms with Gasteiger partial charge in [-0.15, -0.1) is 0 Å². The Balaban J connectivity index is 1.93. The summed E-state index contributed by atoms with van der Waals surface area (Å²) in [5, 5.41) is 3.47. The predicted octanol–water partition coefficient (Wildman–Crippen LogP) is 1.23. The number of fused-ring (bicyclic) bond motifs is 1. The summed E-state index contributed by atoms with van der Waals surface area (Å²) in [6.07, 6.45) is -2.52. The Labute approximate surface area is 150 Å².